The molecule has 0 bridgehead atoms. The molecule has 0 aromatic heterocycles. The van der Waals surface area contributed by atoms with Gasteiger partial charge < -0.3 is 24.8 Å². The molecule has 0 fully saturated rings. The predicted molar refractivity (Wildman–Crippen MR) is 67.8 cm³/mol. The van der Waals surface area contributed by atoms with Gasteiger partial charge in [-0.2, -0.15) is 0 Å². The van der Waals surface area contributed by atoms with Gasteiger partial charge in [0.25, 0.3) is 0 Å². The molecule has 1 aromatic rings. The van der Waals surface area contributed by atoms with Gasteiger partial charge in [0.2, 0.25) is 0 Å². The van der Waals surface area contributed by atoms with E-state index in [0.717, 1.165) is 0 Å². The minimum atomic E-state index is -0.457. The number of nitrogens with one attached hydrogen (secondary N) is 2. The second-order valence-electron chi connectivity index (χ2n) is 3.47. The maximum atomic E-state index is 11.6. The molecule has 0 aliphatic carbocycles. The maximum Gasteiger partial charge on any atom is 0.319 e. The predicted octanol–water partition coefficient (Wildman–Crippen LogP) is 1.44. The van der Waals surface area contributed by atoms with Crippen LogP contribution >= 0.6 is 0 Å². The van der Waals surface area contributed by atoms with Crippen molar-refractivity contribution < 1.29 is 19.0 Å². The number of ether oxygens (including phenoxy) is 3. The molecule has 0 atom stereocenters. The fraction of sp³-hybridized carbons (Fsp3) is 0.417. The summed E-state index contributed by atoms with van der Waals surface area (Å²) in [4.78, 5) is 11.6. The molecule has 0 saturated carbocycles. The van der Waals surface area contributed by atoms with Crippen LogP contribution in [0.1, 0.15) is 0 Å². The highest BCUT2D eigenvalue weighted by Crippen LogP contribution is 2.16. The van der Waals surface area contributed by atoms with E-state index in [0.29, 0.717) is 11.4 Å². The van der Waals surface area contributed by atoms with E-state index in [1.54, 1.807) is 31.4 Å². The van der Waals surface area contributed by atoms with Gasteiger partial charge in [0, 0.05) is 26.0 Å². The third-order valence-electron chi connectivity index (χ3n) is 2.28. The summed E-state index contributed by atoms with van der Waals surface area (Å²) in [6.07, 6.45) is -0.457. The van der Waals surface area contributed by atoms with Crippen LogP contribution in [-0.2, 0) is 9.47 Å². The minimum absolute atomic E-state index is 0.267. The molecule has 2 amide bonds. The number of rotatable bonds is 6. The van der Waals surface area contributed by atoms with Crippen LogP contribution in [0.2, 0.25) is 0 Å². The van der Waals surface area contributed by atoms with Crippen molar-refractivity contribution in [1.82, 2.24) is 5.32 Å². The molecule has 0 saturated heterocycles. The number of hydrogen-bond donors (Lipinski definition) is 2. The van der Waals surface area contributed by atoms with Crippen LogP contribution in [0, 0.1) is 0 Å². The van der Waals surface area contributed by atoms with Crippen LogP contribution in [0.25, 0.3) is 0 Å². The molecule has 2 N–H and O–H groups in total. The average molecular weight is 254 g/mol. The lowest BCUT2D eigenvalue weighted by atomic mass is 10.3. The Labute approximate surface area is 106 Å². The maximum absolute atomic E-state index is 11.6. The molecular weight excluding hydrogens is 236 g/mol. The van der Waals surface area contributed by atoms with Gasteiger partial charge in [0.1, 0.15) is 5.75 Å². The number of carbonyl (C=O) groups is 1. The smallest absolute Gasteiger partial charge is 0.319 e. The quantitative estimate of drug-likeness (QED) is 0.754. The highest BCUT2D eigenvalue weighted by molar-refractivity contribution is 5.89. The van der Waals surface area contributed by atoms with Gasteiger partial charge in [-0.05, 0) is 12.1 Å². The minimum Gasteiger partial charge on any atom is -0.497 e. The van der Waals surface area contributed by atoms with E-state index in [9.17, 15) is 4.79 Å². The van der Waals surface area contributed by atoms with Crippen LogP contribution in [0.4, 0.5) is 10.5 Å². The van der Waals surface area contributed by atoms with Gasteiger partial charge >= 0.3 is 6.03 Å². The summed E-state index contributed by atoms with van der Waals surface area (Å²) in [6, 6.07) is 6.76. The fourth-order valence-corrected chi connectivity index (χ4v) is 1.32. The van der Waals surface area contributed by atoms with Crippen molar-refractivity contribution in [3.8, 4) is 5.75 Å². The van der Waals surface area contributed by atoms with Crippen LogP contribution in [0.15, 0.2) is 24.3 Å². The molecule has 0 aliphatic heterocycles. The third-order valence-corrected chi connectivity index (χ3v) is 2.28. The number of urea groups is 1. The zero-order valence-corrected chi connectivity index (χ0v) is 10.7. The molecule has 0 unspecified atom stereocenters. The zero-order valence-electron chi connectivity index (χ0n) is 10.7. The number of amides is 2. The first kappa shape index (κ1) is 14.3. The van der Waals surface area contributed by atoms with E-state index in [2.05, 4.69) is 10.6 Å². The molecule has 0 spiro atoms. The number of anilines is 1. The van der Waals surface area contributed by atoms with Gasteiger partial charge in [-0.3, -0.25) is 0 Å². The van der Waals surface area contributed by atoms with E-state index >= 15 is 0 Å². The SMILES string of the molecule is COc1cccc(NC(=O)NCC(OC)OC)c1. The summed E-state index contributed by atoms with van der Waals surface area (Å²) in [6.45, 7) is 0.267. The molecular formula is C12H18N2O4. The molecule has 1 rings (SSSR count). The second-order valence-corrected chi connectivity index (χ2v) is 3.47. The Balaban J connectivity index is 2.44. The Morgan fingerprint density at radius 3 is 2.61 bits per heavy atom. The van der Waals surface area contributed by atoms with Crippen LogP contribution in [0.3, 0.4) is 0 Å². The highest BCUT2D eigenvalue weighted by Gasteiger charge is 2.07. The lowest BCUT2D eigenvalue weighted by molar-refractivity contribution is -0.0970. The summed E-state index contributed by atoms with van der Waals surface area (Å²) in [5, 5.41) is 5.31. The van der Waals surface area contributed by atoms with E-state index in [-0.39, 0.29) is 12.6 Å². The Morgan fingerprint density at radius 2 is 2.00 bits per heavy atom. The van der Waals surface area contributed by atoms with Crippen molar-refractivity contribution in [2.45, 2.75) is 6.29 Å². The summed E-state index contributed by atoms with van der Waals surface area (Å²) in [7, 11) is 4.59. The van der Waals surface area contributed by atoms with Crippen LogP contribution in [0.5, 0.6) is 5.75 Å². The highest BCUT2D eigenvalue weighted by atomic mass is 16.7. The molecule has 18 heavy (non-hydrogen) atoms. The molecule has 100 valence electrons. The zero-order chi connectivity index (χ0) is 13.4. The largest absolute Gasteiger partial charge is 0.497 e. The van der Waals surface area contributed by atoms with E-state index < -0.39 is 6.29 Å². The lowest BCUT2D eigenvalue weighted by Gasteiger charge is -2.14. The Hall–Kier alpha value is -1.79. The first-order valence-electron chi connectivity index (χ1n) is 5.44. The lowest BCUT2D eigenvalue weighted by Crippen LogP contribution is -2.36. The standard InChI is InChI=1S/C12H18N2O4/c1-16-10-6-4-5-9(7-10)14-12(15)13-8-11(17-2)18-3/h4-7,11H,8H2,1-3H3,(H2,13,14,15). The Kier molecular flexibility index (Phi) is 5.96. The average Bonchev–Trinajstić information content (AvgIpc) is 2.40. The van der Waals surface area contributed by atoms with Crippen molar-refractivity contribution >= 4 is 11.7 Å². The Bertz CT molecular complexity index is 380. The Morgan fingerprint density at radius 1 is 1.28 bits per heavy atom. The molecule has 1 aromatic carbocycles. The van der Waals surface area contributed by atoms with Crippen LogP contribution in [-0.4, -0.2) is 40.2 Å². The van der Waals surface area contributed by atoms with E-state index in [1.807, 2.05) is 0 Å². The fourth-order valence-electron chi connectivity index (χ4n) is 1.32. The number of methoxy groups -OCH3 is 3. The van der Waals surface area contributed by atoms with Gasteiger partial charge in [-0.25, -0.2) is 4.79 Å². The first-order valence-corrected chi connectivity index (χ1v) is 5.44. The summed E-state index contributed by atoms with van der Waals surface area (Å²) < 4.78 is 15.0. The molecule has 0 radical (unpaired) electrons. The molecule has 0 aliphatic rings. The van der Waals surface area contributed by atoms with Gasteiger partial charge in [-0.15, -0.1) is 0 Å². The second kappa shape index (κ2) is 7.52. The molecule has 6 nitrogen and oxygen atoms in total. The number of benzene rings is 1. The van der Waals surface area contributed by atoms with Gasteiger partial charge in [-0.1, -0.05) is 6.07 Å². The van der Waals surface area contributed by atoms with Crippen molar-refractivity contribution in [3.05, 3.63) is 24.3 Å². The van der Waals surface area contributed by atoms with Crippen molar-refractivity contribution in [2.75, 3.05) is 33.2 Å². The summed E-state index contributed by atoms with van der Waals surface area (Å²) in [5.74, 6) is 0.680. The van der Waals surface area contributed by atoms with Crippen molar-refractivity contribution in [1.29, 1.82) is 0 Å². The topological polar surface area (TPSA) is 68.8 Å². The number of carbonyl (C=O) groups excluding carboxylic acids is 1. The summed E-state index contributed by atoms with van der Waals surface area (Å²) >= 11 is 0. The molecule has 0 heterocycles. The third kappa shape index (κ3) is 4.60. The normalized spacial score (nSPS) is 10.2. The number of hydrogen-bond acceptors (Lipinski definition) is 4. The van der Waals surface area contributed by atoms with Crippen molar-refractivity contribution in [2.24, 2.45) is 0 Å². The van der Waals surface area contributed by atoms with E-state index in [1.165, 1.54) is 14.2 Å². The van der Waals surface area contributed by atoms with E-state index in [4.69, 9.17) is 14.2 Å². The van der Waals surface area contributed by atoms with Crippen molar-refractivity contribution in [3.63, 3.8) is 0 Å². The first-order chi connectivity index (χ1) is 8.69. The van der Waals surface area contributed by atoms with Gasteiger partial charge in [0.15, 0.2) is 6.29 Å². The van der Waals surface area contributed by atoms with Crippen LogP contribution < -0.4 is 15.4 Å². The van der Waals surface area contributed by atoms with Gasteiger partial charge in [0.05, 0.1) is 13.7 Å². The summed E-state index contributed by atoms with van der Waals surface area (Å²) in [5.41, 5.74) is 0.651. The molecule has 6 heteroatoms. The monoisotopic (exact) mass is 254 g/mol.